The molecule has 0 saturated heterocycles. The van der Waals surface area contributed by atoms with Crippen LogP contribution in [0.3, 0.4) is 0 Å². The highest BCUT2D eigenvalue weighted by Crippen LogP contribution is 2.48. The largest absolute Gasteiger partial charge is 0.309 e. The van der Waals surface area contributed by atoms with Crippen molar-refractivity contribution in [2.45, 2.75) is 0 Å². The molecule has 14 aromatic rings. The zero-order valence-electron chi connectivity index (χ0n) is 36.5. The van der Waals surface area contributed by atoms with E-state index in [0.717, 1.165) is 38.8 Å². The number of para-hydroxylation sites is 3. The summed E-state index contributed by atoms with van der Waals surface area (Å²) >= 11 is 0. The quantitative estimate of drug-likeness (QED) is 0.125. The third kappa shape index (κ3) is 5.73. The van der Waals surface area contributed by atoms with E-state index in [2.05, 4.69) is 247 Å². The van der Waals surface area contributed by atoms with E-state index in [9.17, 15) is 0 Å². The Morgan fingerprint density at radius 2 is 0.791 bits per heavy atom. The Bertz CT molecular complexity index is 4300. The molecule has 2 aromatic heterocycles. The van der Waals surface area contributed by atoms with Crippen molar-refractivity contribution in [1.29, 1.82) is 0 Å². The fourth-order valence-corrected chi connectivity index (χ4v) is 11.2. The Kier molecular flexibility index (Phi) is 8.32. The van der Waals surface area contributed by atoms with Crippen LogP contribution in [-0.4, -0.2) is 9.55 Å². The van der Waals surface area contributed by atoms with Gasteiger partial charge in [0, 0.05) is 38.2 Å². The van der Waals surface area contributed by atoms with Gasteiger partial charge in [0.15, 0.2) is 0 Å². The number of hydrogen-bond donors (Lipinski definition) is 0. The van der Waals surface area contributed by atoms with Crippen LogP contribution in [0.5, 0.6) is 0 Å². The summed E-state index contributed by atoms with van der Waals surface area (Å²) in [7, 11) is 0. The fourth-order valence-electron chi connectivity index (χ4n) is 11.2. The summed E-state index contributed by atoms with van der Waals surface area (Å²) < 4.78 is 2.40. The molecule has 0 amide bonds. The van der Waals surface area contributed by atoms with E-state index in [-0.39, 0.29) is 0 Å². The van der Waals surface area contributed by atoms with Crippen molar-refractivity contribution in [3.8, 4) is 50.3 Å². The number of pyridine rings is 1. The van der Waals surface area contributed by atoms with E-state index in [1.54, 1.807) is 0 Å². The van der Waals surface area contributed by atoms with Crippen LogP contribution in [-0.2, 0) is 0 Å². The zero-order chi connectivity index (χ0) is 44.0. The van der Waals surface area contributed by atoms with Crippen molar-refractivity contribution in [1.82, 2.24) is 9.55 Å². The predicted molar refractivity (Wildman–Crippen MR) is 285 cm³/mol. The Labute approximate surface area is 387 Å². The van der Waals surface area contributed by atoms with Gasteiger partial charge in [0.1, 0.15) is 0 Å². The Hall–Kier alpha value is -8.85. The highest BCUT2D eigenvalue weighted by molar-refractivity contribution is 6.30. The molecule has 2 nitrogen and oxygen atoms in total. The van der Waals surface area contributed by atoms with Crippen LogP contribution in [0.15, 0.2) is 243 Å². The molecule has 0 aliphatic carbocycles. The van der Waals surface area contributed by atoms with E-state index in [1.165, 1.54) is 98.1 Å². The lowest BCUT2D eigenvalue weighted by Crippen LogP contribution is -1.94. The second-order valence-electron chi connectivity index (χ2n) is 17.7. The van der Waals surface area contributed by atoms with E-state index < -0.39 is 0 Å². The van der Waals surface area contributed by atoms with Crippen molar-refractivity contribution >= 4 is 86.6 Å². The smallest absolute Gasteiger partial charge is 0.0788 e. The van der Waals surface area contributed by atoms with Crippen molar-refractivity contribution in [2.24, 2.45) is 0 Å². The van der Waals surface area contributed by atoms with Crippen molar-refractivity contribution in [3.05, 3.63) is 243 Å². The number of nitrogens with zero attached hydrogens (tertiary/aromatic N) is 2. The van der Waals surface area contributed by atoms with Crippen LogP contribution in [0.25, 0.3) is 137 Å². The number of benzene rings is 12. The highest BCUT2D eigenvalue weighted by atomic mass is 15.0. The van der Waals surface area contributed by atoms with Gasteiger partial charge in [-0.25, -0.2) is 4.98 Å². The van der Waals surface area contributed by atoms with Crippen LogP contribution in [0.4, 0.5) is 0 Å². The molecular weight excluding hydrogens is 809 g/mol. The van der Waals surface area contributed by atoms with Gasteiger partial charge in [-0.2, -0.15) is 0 Å². The Morgan fingerprint density at radius 3 is 1.49 bits per heavy atom. The van der Waals surface area contributed by atoms with Gasteiger partial charge in [0.05, 0.1) is 22.2 Å². The van der Waals surface area contributed by atoms with Gasteiger partial charge in [0.25, 0.3) is 0 Å². The first-order chi connectivity index (χ1) is 33.3. The molecule has 12 aromatic carbocycles. The first-order valence-corrected chi connectivity index (χ1v) is 23.1. The van der Waals surface area contributed by atoms with E-state index in [4.69, 9.17) is 4.98 Å². The van der Waals surface area contributed by atoms with Crippen LogP contribution < -0.4 is 0 Å². The fraction of sp³-hybridized carbons (Fsp3) is 0. The van der Waals surface area contributed by atoms with Gasteiger partial charge < -0.3 is 4.57 Å². The number of fused-ring (bicyclic) bond motifs is 11. The average Bonchev–Trinajstić information content (AvgIpc) is 3.74. The first-order valence-electron chi connectivity index (χ1n) is 23.1. The molecule has 0 aliphatic rings. The normalized spacial score (nSPS) is 11.9. The SMILES string of the molecule is c1ccc(-n2c3ccccc3c3c4c(ccc32)c(-c2ccc(-c3ccc5c(-c6cccc7ccccc67)c6ccccc6c(-c6cccc7ccccc67)c5c3)cc2)nc2ccccc24)cc1. The lowest BCUT2D eigenvalue weighted by molar-refractivity contribution is 1.18. The highest BCUT2D eigenvalue weighted by Gasteiger charge is 2.22. The second-order valence-corrected chi connectivity index (χ2v) is 17.7. The van der Waals surface area contributed by atoms with Crippen molar-refractivity contribution < 1.29 is 0 Å². The molecule has 0 N–H and O–H groups in total. The van der Waals surface area contributed by atoms with Crippen LogP contribution in [0.2, 0.25) is 0 Å². The predicted octanol–water partition coefficient (Wildman–Crippen LogP) is 17.8. The first kappa shape index (κ1) is 37.5. The van der Waals surface area contributed by atoms with Crippen LogP contribution in [0.1, 0.15) is 0 Å². The number of aromatic nitrogens is 2. The number of hydrogen-bond acceptors (Lipinski definition) is 1. The van der Waals surface area contributed by atoms with E-state index in [0.29, 0.717) is 0 Å². The molecule has 67 heavy (non-hydrogen) atoms. The monoisotopic (exact) mass is 848 g/mol. The zero-order valence-corrected chi connectivity index (χ0v) is 36.5. The average molecular weight is 849 g/mol. The maximum atomic E-state index is 5.42. The molecule has 0 spiro atoms. The summed E-state index contributed by atoms with van der Waals surface area (Å²) in [5, 5.41) is 16.0. The molecule has 14 rings (SSSR count). The van der Waals surface area contributed by atoms with Gasteiger partial charge >= 0.3 is 0 Å². The topological polar surface area (TPSA) is 17.8 Å². The second kappa shape index (κ2) is 14.9. The third-order valence-electron chi connectivity index (χ3n) is 14.1. The van der Waals surface area contributed by atoms with Gasteiger partial charge in [-0.15, -0.1) is 0 Å². The molecule has 2 heteroatoms. The lowest BCUT2D eigenvalue weighted by atomic mass is 9.83. The van der Waals surface area contributed by atoms with Gasteiger partial charge in [-0.3, -0.25) is 0 Å². The summed E-state index contributed by atoms with van der Waals surface area (Å²) in [5.41, 5.74) is 13.9. The molecule has 0 saturated carbocycles. The molecule has 2 heterocycles. The van der Waals surface area contributed by atoms with Gasteiger partial charge in [-0.1, -0.05) is 206 Å². The summed E-state index contributed by atoms with van der Waals surface area (Å²) in [5.74, 6) is 0. The van der Waals surface area contributed by atoms with E-state index >= 15 is 0 Å². The minimum atomic E-state index is 0.988. The Morgan fingerprint density at radius 1 is 0.284 bits per heavy atom. The number of rotatable bonds is 5. The molecule has 310 valence electrons. The molecule has 0 unspecified atom stereocenters. The summed E-state index contributed by atoms with van der Waals surface area (Å²) in [6, 6.07) is 88.9. The summed E-state index contributed by atoms with van der Waals surface area (Å²) in [4.78, 5) is 5.42. The minimum absolute atomic E-state index is 0.988. The van der Waals surface area contributed by atoms with Crippen molar-refractivity contribution in [2.75, 3.05) is 0 Å². The standard InChI is InChI=1S/C65H40N2/c1-2-20-46(21-3-1)67-59-31-13-11-27-55(59)64-60(67)39-38-56-63(64)54-26-10-12-30-58(54)66-65(56)44-34-32-41(33-35-44)45-36-37-53-57(40-45)62(50-29-15-19-43-17-5-7-23-48(43)50)52-25-9-8-24-51(52)61(53)49-28-14-18-42-16-4-6-22-47(42)49/h1-40H. The molecule has 0 radical (unpaired) electrons. The van der Waals surface area contributed by atoms with Gasteiger partial charge in [-0.05, 0) is 113 Å². The lowest BCUT2D eigenvalue weighted by Gasteiger charge is -2.20. The molecule has 0 fully saturated rings. The van der Waals surface area contributed by atoms with Gasteiger partial charge in [0.2, 0.25) is 0 Å². The maximum Gasteiger partial charge on any atom is 0.0788 e. The maximum absolute atomic E-state index is 5.42. The van der Waals surface area contributed by atoms with Crippen molar-refractivity contribution in [3.63, 3.8) is 0 Å². The molecule has 0 aliphatic heterocycles. The molecule has 0 bridgehead atoms. The summed E-state index contributed by atoms with van der Waals surface area (Å²) in [6.45, 7) is 0. The van der Waals surface area contributed by atoms with Crippen LogP contribution in [0, 0.1) is 0 Å². The Balaban J connectivity index is 0.989. The van der Waals surface area contributed by atoms with E-state index in [1.807, 2.05) is 0 Å². The molecule has 0 atom stereocenters. The molecular formula is C65H40N2. The summed E-state index contributed by atoms with van der Waals surface area (Å²) in [6.07, 6.45) is 0. The minimum Gasteiger partial charge on any atom is -0.309 e. The van der Waals surface area contributed by atoms with Crippen LogP contribution >= 0.6 is 0 Å². The third-order valence-corrected chi connectivity index (χ3v) is 14.1.